The Morgan fingerprint density at radius 1 is 1.23 bits per heavy atom. The van der Waals surface area contributed by atoms with Crippen LogP contribution in [0.1, 0.15) is 30.3 Å². The van der Waals surface area contributed by atoms with Crippen molar-refractivity contribution in [1.29, 1.82) is 0 Å². The Hall–Kier alpha value is -2.26. The first kappa shape index (κ1) is 18.5. The van der Waals surface area contributed by atoms with Crippen molar-refractivity contribution in [3.8, 4) is 5.69 Å². The van der Waals surface area contributed by atoms with Crippen LogP contribution in [0, 0.1) is 6.92 Å². The van der Waals surface area contributed by atoms with E-state index < -0.39 is 0 Å². The zero-order valence-corrected chi connectivity index (χ0v) is 16.3. The molecule has 0 aliphatic carbocycles. The van der Waals surface area contributed by atoms with Crippen LogP contribution in [-0.2, 0) is 11.2 Å². The van der Waals surface area contributed by atoms with Gasteiger partial charge in [0.2, 0.25) is 11.0 Å². The quantitative estimate of drug-likeness (QED) is 0.595. The van der Waals surface area contributed by atoms with Gasteiger partial charge in [0.1, 0.15) is 11.3 Å². The third-order valence-electron chi connectivity index (χ3n) is 3.62. The lowest BCUT2D eigenvalue weighted by Gasteiger charge is -2.06. The molecule has 1 N–H and O–H groups in total. The zero-order chi connectivity index (χ0) is 18.4. The maximum Gasteiger partial charge on any atom is 0.236 e. The van der Waals surface area contributed by atoms with E-state index in [1.165, 1.54) is 28.7 Å². The summed E-state index contributed by atoms with van der Waals surface area (Å²) in [6.07, 6.45) is 4.74. The summed E-state index contributed by atoms with van der Waals surface area (Å²) in [7, 11) is 0. The van der Waals surface area contributed by atoms with E-state index in [1.807, 2.05) is 35.8 Å². The average Bonchev–Trinajstić information content (AvgIpc) is 3.28. The van der Waals surface area contributed by atoms with Crippen LogP contribution < -0.4 is 5.32 Å². The second-order valence-corrected chi connectivity index (χ2v) is 7.76. The van der Waals surface area contributed by atoms with Crippen LogP contribution in [0.15, 0.2) is 35.7 Å². The van der Waals surface area contributed by atoms with Crippen molar-refractivity contribution in [2.45, 2.75) is 38.3 Å². The molecular weight excluding hydrogens is 368 g/mol. The van der Waals surface area contributed by atoms with Crippen molar-refractivity contribution in [3.63, 3.8) is 0 Å². The van der Waals surface area contributed by atoms with E-state index in [1.54, 1.807) is 6.33 Å². The molecule has 0 unspecified atom stereocenters. The van der Waals surface area contributed by atoms with Crippen molar-refractivity contribution in [3.05, 3.63) is 41.2 Å². The summed E-state index contributed by atoms with van der Waals surface area (Å²) in [5, 5.41) is 21.1. The molecule has 0 fully saturated rings. The summed E-state index contributed by atoms with van der Waals surface area (Å²) in [4.78, 5) is 12.2. The molecule has 0 bridgehead atoms. The predicted octanol–water partition coefficient (Wildman–Crippen LogP) is 3.50. The van der Waals surface area contributed by atoms with Crippen molar-refractivity contribution in [2.24, 2.45) is 0 Å². The van der Waals surface area contributed by atoms with Gasteiger partial charge in [-0.2, -0.15) is 0 Å². The van der Waals surface area contributed by atoms with E-state index >= 15 is 0 Å². The molecule has 2 aromatic heterocycles. The minimum atomic E-state index is -0.133. The van der Waals surface area contributed by atoms with Crippen LogP contribution in [0.3, 0.4) is 0 Å². The molecule has 0 atom stereocenters. The lowest BCUT2D eigenvalue weighted by Crippen LogP contribution is -2.14. The highest BCUT2D eigenvalue weighted by atomic mass is 32.2. The Morgan fingerprint density at radius 2 is 2.04 bits per heavy atom. The van der Waals surface area contributed by atoms with E-state index in [9.17, 15) is 4.79 Å². The lowest BCUT2D eigenvalue weighted by atomic mass is 10.2. The summed E-state index contributed by atoms with van der Waals surface area (Å²) >= 11 is 2.76. The number of amides is 1. The second kappa shape index (κ2) is 8.91. The minimum Gasteiger partial charge on any atom is -0.300 e. The molecule has 0 saturated carbocycles. The Labute approximate surface area is 160 Å². The van der Waals surface area contributed by atoms with Gasteiger partial charge in [-0.15, -0.1) is 20.4 Å². The molecule has 0 aliphatic rings. The van der Waals surface area contributed by atoms with Crippen LogP contribution in [0.5, 0.6) is 0 Å². The highest BCUT2D eigenvalue weighted by Crippen LogP contribution is 2.21. The van der Waals surface area contributed by atoms with Crippen molar-refractivity contribution in [2.75, 3.05) is 11.1 Å². The number of thioether (sulfide) groups is 1. The third-order valence-corrected chi connectivity index (χ3v) is 5.46. The Morgan fingerprint density at radius 3 is 2.81 bits per heavy atom. The molecule has 1 aromatic carbocycles. The zero-order valence-electron chi connectivity index (χ0n) is 14.7. The Balaban J connectivity index is 1.56. The average molecular weight is 389 g/mol. The molecule has 9 heteroatoms. The van der Waals surface area contributed by atoms with Crippen molar-refractivity contribution < 1.29 is 4.79 Å². The minimum absolute atomic E-state index is 0.133. The summed E-state index contributed by atoms with van der Waals surface area (Å²) in [5.41, 5.74) is 2.15. The van der Waals surface area contributed by atoms with Gasteiger partial charge in [0.25, 0.3) is 0 Å². The van der Waals surface area contributed by atoms with Gasteiger partial charge in [0.05, 0.1) is 5.75 Å². The summed E-state index contributed by atoms with van der Waals surface area (Å²) < 4.78 is 1.87. The molecular formula is C17H20N6OS2. The van der Waals surface area contributed by atoms with Crippen LogP contribution in [-0.4, -0.2) is 36.6 Å². The number of anilines is 1. The summed E-state index contributed by atoms with van der Waals surface area (Å²) in [6.45, 7) is 4.17. The maximum atomic E-state index is 12.2. The number of aromatic nitrogens is 5. The van der Waals surface area contributed by atoms with Gasteiger partial charge >= 0.3 is 0 Å². The third kappa shape index (κ3) is 4.89. The largest absolute Gasteiger partial charge is 0.300 e. The smallest absolute Gasteiger partial charge is 0.236 e. The number of carbonyl (C=O) groups excluding carboxylic acids is 1. The number of hydrogen-bond donors (Lipinski definition) is 1. The molecule has 0 saturated heterocycles. The van der Waals surface area contributed by atoms with Gasteiger partial charge in [-0.25, -0.2) is 0 Å². The maximum absolute atomic E-state index is 12.2. The van der Waals surface area contributed by atoms with Gasteiger partial charge in [0.15, 0.2) is 5.16 Å². The standard InChI is InChI=1S/C17H20N6OS2/c1-3-4-5-15-20-21-16(26-15)19-14(24)10-25-17-22-18-11-23(17)13-8-6-12(2)7-9-13/h6-9,11H,3-5,10H2,1-2H3,(H,19,21,24). The molecule has 3 aromatic rings. The SMILES string of the molecule is CCCCc1nnc(NC(=O)CSc2nncn2-c2ccc(C)cc2)s1. The molecule has 26 heavy (non-hydrogen) atoms. The van der Waals surface area contributed by atoms with Gasteiger partial charge in [-0.05, 0) is 25.5 Å². The van der Waals surface area contributed by atoms with Crippen molar-refractivity contribution in [1.82, 2.24) is 25.0 Å². The number of nitrogens with zero attached hydrogens (tertiary/aromatic N) is 5. The monoisotopic (exact) mass is 388 g/mol. The Kier molecular flexibility index (Phi) is 6.35. The van der Waals surface area contributed by atoms with Crippen LogP contribution >= 0.6 is 23.1 Å². The first-order chi connectivity index (χ1) is 12.7. The number of unbranched alkanes of at least 4 members (excludes halogenated alkanes) is 1. The first-order valence-electron chi connectivity index (χ1n) is 8.38. The van der Waals surface area contributed by atoms with E-state index in [2.05, 4.69) is 32.6 Å². The highest BCUT2D eigenvalue weighted by molar-refractivity contribution is 7.99. The van der Waals surface area contributed by atoms with Gasteiger partial charge in [-0.3, -0.25) is 14.7 Å². The number of nitrogens with one attached hydrogen (secondary N) is 1. The van der Waals surface area contributed by atoms with E-state index in [0.29, 0.717) is 10.3 Å². The molecule has 136 valence electrons. The van der Waals surface area contributed by atoms with Crippen molar-refractivity contribution >= 4 is 34.1 Å². The number of carbonyl (C=O) groups is 1. The molecule has 3 rings (SSSR count). The fourth-order valence-corrected chi connectivity index (χ4v) is 3.75. The number of benzene rings is 1. The van der Waals surface area contributed by atoms with E-state index in [4.69, 9.17) is 0 Å². The molecule has 0 aliphatic heterocycles. The van der Waals surface area contributed by atoms with Gasteiger partial charge in [-0.1, -0.05) is 54.1 Å². The molecule has 2 heterocycles. The Bertz CT molecular complexity index is 858. The number of aryl methyl sites for hydroxylation is 2. The first-order valence-corrected chi connectivity index (χ1v) is 10.2. The lowest BCUT2D eigenvalue weighted by molar-refractivity contribution is -0.113. The van der Waals surface area contributed by atoms with Crippen LogP contribution in [0.25, 0.3) is 5.69 Å². The molecule has 7 nitrogen and oxygen atoms in total. The highest BCUT2D eigenvalue weighted by Gasteiger charge is 2.12. The molecule has 1 amide bonds. The van der Waals surface area contributed by atoms with E-state index in [-0.39, 0.29) is 11.7 Å². The fourth-order valence-electron chi connectivity index (χ4n) is 2.22. The normalized spacial score (nSPS) is 10.8. The fraction of sp³-hybridized carbons (Fsp3) is 0.353. The molecule has 0 radical (unpaired) electrons. The summed E-state index contributed by atoms with van der Waals surface area (Å²) in [6, 6.07) is 8.06. The van der Waals surface area contributed by atoms with E-state index in [0.717, 1.165) is 30.0 Å². The predicted molar refractivity (Wildman–Crippen MR) is 104 cm³/mol. The topological polar surface area (TPSA) is 85.6 Å². The second-order valence-electron chi connectivity index (χ2n) is 5.76. The summed E-state index contributed by atoms with van der Waals surface area (Å²) in [5.74, 6) is 0.0978. The number of rotatable bonds is 8. The van der Waals surface area contributed by atoms with Crippen LogP contribution in [0.2, 0.25) is 0 Å². The van der Waals surface area contributed by atoms with Crippen LogP contribution in [0.4, 0.5) is 5.13 Å². The number of hydrogen-bond acceptors (Lipinski definition) is 7. The molecule has 0 spiro atoms. The van der Waals surface area contributed by atoms with Gasteiger partial charge < -0.3 is 0 Å². The van der Waals surface area contributed by atoms with Gasteiger partial charge in [0, 0.05) is 12.1 Å².